The molecule has 4 aromatic carbocycles. The second-order valence-electron chi connectivity index (χ2n) is 12.5. The highest BCUT2D eigenvalue weighted by Crippen LogP contribution is 2.33. The van der Waals surface area contributed by atoms with E-state index in [1.54, 1.807) is 66.8 Å². The van der Waals surface area contributed by atoms with Gasteiger partial charge in [0.25, 0.3) is 0 Å². The topological polar surface area (TPSA) is 49.4 Å². The lowest BCUT2D eigenvalue weighted by atomic mass is 9.88. The van der Waals surface area contributed by atoms with Gasteiger partial charge in [-0.1, -0.05) is 104 Å². The molecule has 2 aliphatic rings. The van der Waals surface area contributed by atoms with Crippen LogP contribution in [-0.2, 0) is 9.59 Å². The number of rotatable bonds is 8. The van der Waals surface area contributed by atoms with Gasteiger partial charge in [0.05, 0.1) is 0 Å². The van der Waals surface area contributed by atoms with Gasteiger partial charge >= 0.3 is 0 Å². The van der Waals surface area contributed by atoms with Gasteiger partial charge in [-0.05, 0) is 144 Å². The smallest absolute Gasteiger partial charge is 0.246 e. The minimum Gasteiger partial charge on any atom is -0.339 e. The van der Waals surface area contributed by atoms with Crippen molar-refractivity contribution in [1.82, 2.24) is 10.2 Å². The van der Waals surface area contributed by atoms with Gasteiger partial charge in [-0.2, -0.15) is 0 Å². The van der Waals surface area contributed by atoms with Crippen molar-refractivity contribution in [3.63, 3.8) is 0 Å². The average molecular weight is 901 g/mol. The van der Waals surface area contributed by atoms with Gasteiger partial charge in [-0.25, -0.2) is 17.6 Å². The molecular weight excluding hydrogens is 860 g/mol. The summed E-state index contributed by atoms with van der Waals surface area (Å²) in [6.07, 6.45) is 9.70. The average Bonchev–Trinajstić information content (AvgIpc) is 3.20. The number of hydrogen-bond acceptors (Lipinski definition) is 3. The van der Waals surface area contributed by atoms with Gasteiger partial charge in [0.1, 0.15) is 23.3 Å². The third kappa shape index (κ3) is 14.2. The monoisotopic (exact) mass is 898 g/mol. The summed E-state index contributed by atoms with van der Waals surface area (Å²) in [5.41, 5.74) is 8.41. The molecule has 0 atom stereocenters. The molecule has 2 heterocycles. The number of carbonyl (C=O) groups is 2. The van der Waals surface area contributed by atoms with Gasteiger partial charge in [0, 0.05) is 23.7 Å². The fraction of sp³-hybridized carbons (Fsp3) is 0.227. The number of likely N-dealkylation sites (tertiary alicyclic amines) is 1. The fourth-order valence-electron chi connectivity index (χ4n) is 6.23. The van der Waals surface area contributed by atoms with Crippen molar-refractivity contribution in [2.45, 2.75) is 25.7 Å². The van der Waals surface area contributed by atoms with Crippen LogP contribution in [0.4, 0.5) is 17.6 Å². The summed E-state index contributed by atoms with van der Waals surface area (Å²) in [4.78, 5) is 23.9. The fourth-order valence-corrected chi connectivity index (χ4v) is 6.69. The molecule has 4 nitrogen and oxygen atoms in total. The molecular formula is C44H41Br2ClF4N2O2. The molecule has 288 valence electrons. The van der Waals surface area contributed by atoms with E-state index in [2.05, 4.69) is 37.2 Å². The SMILES string of the molecule is Fc1ccc(C(=C2CCNCC2)c2ccc(F)cc2)cc1.O=C(/C=C/CBr)N1CCC(=C(c2ccc(F)cc2)c2ccc(F)cc2)CC1.O=C(Cl)/C=C/CBr. The summed E-state index contributed by atoms with van der Waals surface area (Å²) in [7, 11) is 0. The second-order valence-corrected chi connectivity index (χ2v) is 14.1. The van der Waals surface area contributed by atoms with E-state index in [-0.39, 0.29) is 29.2 Å². The first-order valence-electron chi connectivity index (χ1n) is 17.7. The van der Waals surface area contributed by atoms with E-state index >= 15 is 0 Å². The van der Waals surface area contributed by atoms with E-state index in [1.807, 2.05) is 4.90 Å². The summed E-state index contributed by atoms with van der Waals surface area (Å²) >= 11 is 11.3. The van der Waals surface area contributed by atoms with E-state index in [0.29, 0.717) is 23.7 Å². The van der Waals surface area contributed by atoms with Crippen LogP contribution in [-0.4, -0.2) is 52.9 Å². The summed E-state index contributed by atoms with van der Waals surface area (Å²) in [5.74, 6) is -1.05. The van der Waals surface area contributed by atoms with Crippen LogP contribution in [0.25, 0.3) is 11.1 Å². The Labute approximate surface area is 341 Å². The van der Waals surface area contributed by atoms with E-state index in [4.69, 9.17) is 11.6 Å². The molecule has 2 saturated heterocycles. The summed E-state index contributed by atoms with van der Waals surface area (Å²) in [6.45, 7) is 3.15. The zero-order chi connectivity index (χ0) is 39.6. The Hall–Kier alpha value is -4.09. The number of piperidine rings is 2. The van der Waals surface area contributed by atoms with Gasteiger partial charge < -0.3 is 10.2 Å². The van der Waals surface area contributed by atoms with Gasteiger partial charge in [0.2, 0.25) is 11.1 Å². The normalized spacial score (nSPS) is 14.2. The number of hydrogen-bond donors (Lipinski definition) is 1. The maximum Gasteiger partial charge on any atom is 0.246 e. The van der Waals surface area contributed by atoms with Gasteiger partial charge in [-0.15, -0.1) is 0 Å². The van der Waals surface area contributed by atoms with Crippen molar-refractivity contribution in [1.29, 1.82) is 0 Å². The van der Waals surface area contributed by atoms with Crippen molar-refractivity contribution in [3.05, 3.63) is 178 Å². The first-order chi connectivity index (χ1) is 26.6. The molecule has 4 aromatic rings. The maximum absolute atomic E-state index is 13.4. The third-order valence-corrected chi connectivity index (χ3v) is 9.69. The predicted octanol–water partition coefficient (Wildman–Crippen LogP) is 11.2. The minimum absolute atomic E-state index is 0.0126. The van der Waals surface area contributed by atoms with Crippen LogP contribution in [0, 0.1) is 23.3 Å². The molecule has 0 aliphatic carbocycles. The molecule has 55 heavy (non-hydrogen) atoms. The lowest BCUT2D eigenvalue weighted by Crippen LogP contribution is -2.35. The first kappa shape index (κ1) is 43.6. The summed E-state index contributed by atoms with van der Waals surface area (Å²) in [5, 5.41) is 4.23. The highest BCUT2D eigenvalue weighted by atomic mass is 79.9. The van der Waals surface area contributed by atoms with Crippen molar-refractivity contribution < 1.29 is 27.2 Å². The molecule has 0 spiro atoms. The van der Waals surface area contributed by atoms with Crippen LogP contribution in [0.2, 0.25) is 0 Å². The Morgan fingerprint density at radius 2 is 0.891 bits per heavy atom. The summed E-state index contributed by atoms with van der Waals surface area (Å²) in [6, 6.07) is 25.8. The molecule has 1 amide bonds. The molecule has 6 rings (SSSR count). The molecule has 0 radical (unpaired) electrons. The summed E-state index contributed by atoms with van der Waals surface area (Å²) < 4.78 is 53.1. The number of carbonyl (C=O) groups excluding carboxylic acids is 2. The quantitative estimate of drug-likeness (QED) is 0.0830. The number of benzene rings is 4. The second kappa shape index (κ2) is 23.1. The Morgan fingerprint density at radius 1 is 0.564 bits per heavy atom. The molecule has 2 fully saturated rings. The Kier molecular flexibility index (Phi) is 18.3. The lowest BCUT2D eigenvalue weighted by Gasteiger charge is -2.29. The zero-order valence-electron chi connectivity index (χ0n) is 30.0. The molecule has 2 aliphatic heterocycles. The third-order valence-electron chi connectivity index (χ3n) is 8.81. The molecule has 1 N–H and O–H groups in total. The van der Waals surface area contributed by atoms with Crippen LogP contribution < -0.4 is 5.32 Å². The first-order valence-corrected chi connectivity index (χ1v) is 20.3. The standard InChI is InChI=1S/C22H20BrF2NO.C18H17F2N.C4H4BrClO/c23-13-1-2-21(27)26-14-11-18(12-15-26)22(16-3-7-19(24)8-4-16)17-5-9-20(25)10-6-17;19-16-5-1-13(2-6-16)18(15-9-11-21-12-10-15)14-3-7-17(20)8-4-14;5-3-1-2-4(6)7/h1-10H,11-15H2;1-8,21H,9-12H2;1-2H,3H2/b2-1+;;2-1+. The highest BCUT2D eigenvalue weighted by Gasteiger charge is 2.21. The number of amides is 1. The molecule has 0 aromatic heterocycles. The van der Waals surface area contributed by atoms with Crippen molar-refractivity contribution >= 4 is 65.8 Å². The molecule has 0 bridgehead atoms. The van der Waals surface area contributed by atoms with Crippen LogP contribution in [0.1, 0.15) is 47.9 Å². The van der Waals surface area contributed by atoms with Crippen LogP contribution in [0.5, 0.6) is 0 Å². The van der Waals surface area contributed by atoms with Gasteiger partial charge in [-0.3, -0.25) is 9.59 Å². The molecule has 0 unspecified atom stereocenters. The molecule has 11 heteroatoms. The van der Waals surface area contributed by atoms with E-state index < -0.39 is 5.24 Å². The van der Waals surface area contributed by atoms with Crippen LogP contribution in [0.15, 0.2) is 133 Å². The van der Waals surface area contributed by atoms with E-state index in [0.717, 1.165) is 72.2 Å². The predicted molar refractivity (Wildman–Crippen MR) is 222 cm³/mol. The Balaban J connectivity index is 0.000000213. The zero-order valence-corrected chi connectivity index (χ0v) is 34.0. The van der Waals surface area contributed by atoms with Gasteiger partial charge in [0.15, 0.2) is 0 Å². The Bertz CT molecular complexity index is 1870. The van der Waals surface area contributed by atoms with E-state index in [1.165, 1.54) is 65.8 Å². The van der Waals surface area contributed by atoms with Crippen LogP contribution in [0.3, 0.4) is 0 Å². The number of halogens is 7. The highest BCUT2D eigenvalue weighted by molar-refractivity contribution is 9.09. The number of allylic oxidation sites excluding steroid dienone is 3. The lowest BCUT2D eigenvalue weighted by molar-refractivity contribution is -0.126. The Morgan fingerprint density at radius 3 is 1.20 bits per heavy atom. The number of nitrogens with one attached hydrogen (secondary N) is 1. The molecule has 0 saturated carbocycles. The van der Waals surface area contributed by atoms with Crippen LogP contribution >= 0.6 is 43.5 Å². The van der Waals surface area contributed by atoms with E-state index in [9.17, 15) is 27.2 Å². The van der Waals surface area contributed by atoms with Crippen molar-refractivity contribution in [3.8, 4) is 0 Å². The van der Waals surface area contributed by atoms with Crippen molar-refractivity contribution in [2.75, 3.05) is 36.8 Å². The van der Waals surface area contributed by atoms with Crippen molar-refractivity contribution in [2.24, 2.45) is 0 Å². The minimum atomic E-state index is -0.431. The maximum atomic E-state index is 13.4. The largest absolute Gasteiger partial charge is 0.339 e. The number of nitrogens with zero attached hydrogens (tertiary/aromatic N) is 1. The number of alkyl halides is 2.